The molecule has 1 aromatic heterocycles. The van der Waals surface area contributed by atoms with Crippen molar-refractivity contribution >= 4 is 35.0 Å². The van der Waals surface area contributed by atoms with Gasteiger partial charge in [-0.3, -0.25) is 9.36 Å². The van der Waals surface area contributed by atoms with Crippen LogP contribution in [0.4, 0.5) is 5.69 Å². The summed E-state index contributed by atoms with van der Waals surface area (Å²) >= 11 is 7.79. The number of hydrogen-bond donors (Lipinski definition) is 1. The molecule has 8 heteroatoms. The van der Waals surface area contributed by atoms with Gasteiger partial charge in [-0.1, -0.05) is 60.6 Å². The third kappa shape index (κ3) is 5.43. The first-order chi connectivity index (χ1) is 16.6. The zero-order valence-corrected chi connectivity index (χ0v) is 20.6. The second kappa shape index (κ2) is 11.2. The highest BCUT2D eigenvalue weighted by Gasteiger charge is 2.19. The van der Waals surface area contributed by atoms with Crippen molar-refractivity contribution < 1.29 is 9.53 Å². The van der Waals surface area contributed by atoms with Crippen LogP contribution < -0.4 is 10.1 Å². The Hall–Kier alpha value is -3.29. The Bertz CT molecular complexity index is 1270. The van der Waals surface area contributed by atoms with Gasteiger partial charge in [-0.25, -0.2) is 0 Å². The number of nitrogens with one attached hydrogen (secondary N) is 1. The van der Waals surface area contributed by atoms with Crippen LogP contribution in [0.1, 0.15) is 19.4 Å². The van der Waals surface area contributed by atoms with Crippen LogP contribution in [0.5, 0.6) is 5.75 Å². The summed E-state index contributed by atoms with van der Waals surface area (Å²) in [7, 11) is 0. The summed E-state index contributed by atoms with van der Waals surface area (Å²) in [6.45, 7) is 4.60. The molecule has 0 radical (unpaired) electrons. The Kier molecular flexibility index (Phi) is 7.87. The number of benzene rings is 3. The lowest BCUT2D eigenvalue weighted by Gasteiger charge is -2.13. The van der Waals surface area contributed by atoms with Crippen LogP contribution >= 0.6 is 23.4 Å². The maximum Gasteiger partial charge on any atom is 0.234 e. The molecule has 0 fully saturated rings. The predicted octanol–water partition coefficient (Wildman–Crippen LogP) is 6.28. The fourth-order valence-electron chi connectivity index (χ4n) is 3.54. The number of hydrogen-bond acceptors (Lipinski definition) is 5. The predicted molar refractivity (Wildman–Crippen MR) is 138 cm³/mol. The maximum atomic E-state index is 12.7. The second-order valence-electron chi connectivity index (χ2n) is 7.40. The molecule has 4 aromatic rings. The molecule has 1 heterocycles. The van der Waals surface area contributed by atoms with E-state index >= 15 is 0 Å². The molecule has 0 aliphatic carbocycles. The topological polar surface area (TPSA) is 69.0 Å². The van der Waals surface area contributed by atoms with E-state index in [1.54, 1.807) is 0 Å². The van der Waals surface area contributed by atoms with Crippen LogP contribution in [0.3, 0.4) is 0 Å². The first kappa shape index (κ1) is 23.9. The third-order valence-corrected chi connectivity index (χ3v) is 6.42. The third-order valence-electron chi connectivity index (χ3n) is 5.16. The molecule has 0 atom stereocenters. The van der Waals surface area contributed by atoms with Gasteiger partial charge in [-0.15, -0.1) is 10.2 Å². The van der Waals surface area contributed by atoms with Crippen molar-refractivity contribution in [1.29, 1.82) is 0 Å². The van der Waals surface area contributed by atoms with Gasteiger partial charge in [0, 0.05) is 16.9 Å². The van der Waals surface area contributed by atoms with Crippen molar-refractivity contribution in [2.45, 2.75) is 25.4 Å². The number of thioether (sulfide) groups is 1. The standard InChI is InChI=1S/C26H25ClN4O2S/c1-3-18-9-5-8-12-23(18)28-24(32)17-34-26-30-29-25(21-10-6-7-11-22(21)27)31(26)19-13-15-20(16-14-19)33-4-2/h5-16H,3-4,17H2,1-2H3,(H,28,32). The minimum absolute atomic E-state index is 0.105. The molecule has 4 rings (SSSR count). The summed E-state index contributed by atoms with van der Waals surface area (Å²) in [6, 6.07) is 23.0. The molecule has 0 aliphatic heterocycles. The average Bonchev–Trinajstić information content (AvgIpc) is 3.28. The van der Waals surface area contributed by atoms with Gasteiger partial charge in [0.25, 0.3) is 0 Å². The summed E-state index contributed by atoms with van der Waals surface area (Å²) in [5.74, 6) is 1.47. The van der Waals surface area contributed by atoms with Crippen molar-refractivity contribution in [1.82, 2.24) is 14.8 Å². The highest BCUT2D eigenvalue weighted by atomic mass is 35.5. The van der Waals surface area contributed by atoms with Crippen molar-refractivity contribution in [2.75, 3.05) is 17.7 Å². The van der Waals surface area contributed by atoms with E-state index in [4.69, 9.17) is 16.3 Å². The quantitative estimate of drug-likeness (QED) is 0.278. The van der Waals surface area contributed by atoms with Crippen molar-refractivity contribution in [3.8, 4) is 22.8 Å². The largest absolute Gasteiger partial charge is 0.494 e. The molecule has 0 unspecified atom stereocenters. The van der Waals surface area contributed by atoms with Crippen molar-refractivity contribution in [3.05, 3.63) is 83.4 Å². The Morgan fingerprint density at radius 3 is 2.47 bits per heavy atom. The molecule has 0 saturated heterocycles. The molecule has 1 amide bonds. The van der Waals surface area contributed by atoms with E-state index in [1.807, 2.05) is 84.3 Å². The number of nitrogens with zero attached hydrogens (tertiary/aromatic N) is 3. The highest BCUT2D eigenvalue weighted by molar-refractivity contribution is 7.99. The van der Waals surface area contributed by atoms with Gasteiger partial charge in [-0.2, -0.15) is 0 Å². The molecule has 3 aromatic carbocycles. The molecule has 1 N–H and O–H groups in total. The van der Waals surface area contributed by atoms with Crippen LogP contribution in [0.15, 0.2) is 78.0 Å². The first-order valence-electron chi connectivity index (χ1n) is 11.0. The Morgan fingerprint density at radius 1 is 1.00 bits per heavy atom. The van der Waals surface area contributed by atoms with E-state index in [2.05, 4.69) is 22.4 Å². The van der Waals surface area contributed by atoms with Gasteiger partial charge in [-0.05, 0) is 61.4 Å². The summed E-state index contributed by atoms with van der Waals surface area (Å²) in [4.78, 5) is 12.7. The van der Waals surface area contributed by atoms with Gasteiger partial charge >= 0.3 is 0 Å². The minimum atomic E-state index is -0.105. The van der Waals surface area contributed by atoms with E-state index in [0.717, 1.165) is 34.7 Å². The molecular weight excluding hydrogens is 468 g/mol. The number of carbonyl (C=O) groups excluding carboxylic acids is 1. The van der Waals surface area contributed by atoms with E-state index in [9.17, 15) is 4.79 Å². The molecule has 6 nitrogen and oxygen atoms in total. The van der Waals surface area contributed by atoms with E-state index in [-0.39, 0.29) is 11.7 Å². The summed E-state index contributed by atoms with van der Waals surface area (Å²) in [6.07, 6.45) is 0.844. The van der Waals surface area contributed by atoms with Crippen molar-refractivity contribution in [2.24, 2.45) is 0 Å². The fraction of sp³-hybridized carbons (Fsp3) is 0.192. The number of aryl methyl sites for hydroxylation is 1. The summed E-state index contributed by atoms with van der Waals surface area (Å²) in [5.41, 5.74) is 3.54. The lowest BCUT2D eigenvalue weighted by Crippen LogP contribution is -2.15. The number of halogens is 1. The molecule has 0 spiro atoms. The lowest BCUT2D eigenvalue weighted by molar-refractivity contribution is -0.113. The number of para-hydroxylation sites is 1. The first-order valence-corrected chi connectivity index (χ1v) is 12.4. The van der Waals surface area contributed by atoms with Gasteiger partial charge in [0.15, 0.2) is 11.0 Å². The second-order valence-corrected chi connectivity index (χ2v) is 8.75. The molecule has 174 valence electrons. The molecular formula is C26H25ClN4O2S. The average molecular weight is 493 g/mol. The molecule has 0 saturated carbocycles. The number of anilines is 1. The number of amides is 1. The summed E-state index contributed by atoms with van der Waals surface area (Å²) < 4.78 is 7.49. The Labute approximate surface area is 208 Å². The van der Waals surface area contributed by atoms with E-state index in [1.165, 1.54) is 11.8 Å². The number of ether oxygens (including phenoxy) is 1. The van der Waals surface area contributed by atoms with Crippen LogP contribution in [-0.2, 0) is 11.2 Å². The minimum Gasteiger partial charge on any atom is -0.494 e. The van der Waals surface area contributed by atoms with Gasteiger partial charge in [0.2, 0.25) is 5.91 Å². The molecule has 34 heavy (non-hydrogen) atoms. The number of carbonyl (C=O) groups is 1. The zero-order chi connectivity index (χ0) is 23.9. The van der Waals surface area contributed by atoms with Gasteiger partial charge in [0.1, 0.15) is 5.75 Å². The maximum absolute atomic E-state index is 12.7. The Morgan fingerprint density at radius 2 is 1.74 bits per heavy atom. The Balaban J connectivity index is 1.62. The van der Waals surface area contributed by atoms with Gasteiger partial charge in [0.05, 0.1) is 17.4 Å². The number of aromatic nitrogens is 3. The monoisotopic (exact) mass is 492 g/mol. The molecule has 0 aliphatic rings. The number of rotatable bonds is 9. The molecule has 0 bridgehead atoms. The van der Waals surface area contributed by atoms with E-state index < -0.39 is 0 Å². The van der Waals surface area contributed by atoms with Crippen LogP contribution in [0.25, 0.3) is 17.1 Å². The van der Waals surface area contributed by atoms with Crippen LogP contribution in [0, 0.1) is 0 Å². The zero-order valence-electron chi connectivity index (χ0n) is 19.0. The highest BCUT2D eigenvalue weighted by Crippen LogP contribution is 2.32. The van der Waals surface area contributed by atoms with Crippen LogP contribution in [0.2, 0.25) is 5.02 Å². The normalized spacial score (nSPS) is 10.8. The fourth-order valence-corrected chi connectivity index (χ4v) is 4.51. The SMILES string of the molecule is CCOc1ccc(-n2c(SCC(=O)Nc3ccccc3CC)nnc2-c2ccccc2Cl)cc1. The van der Waals surface area contributed by atoms with E-state index in [0.29, 0.717) is 22.6 Å². The van der Waals surface area contributed by atoms with Gasteiger partial charge < -0.3 is 10.1 Å². The lowest BCUT2D eigenvalue weighted by atomic mass is 10.1. The van der Waals surface area contributed by atoms with Crippen LogP contribution in [-0.4, -0.2) is 33.0 Å². The smallest absolute Gasteiger partial charge is 0.234 e. The summed E-state index contributed by atoms with van der Waals surface area (Å²) in [5, 5.41) is 13.0. The van der Waals surface area contributed by atoms with Crippen molar-refractivity contribution in [3.63, 3.8) is 0 Å².